The lowest BCUT2D eigenvalue weighted by Crippen LogP contribution is -2.50. The zero-order valence-electron chi connectivity index (χ0n) is 13.4. The molecule has 0 saturated carbocycles. The maximum atomic E-state index is 13.3. The van der Waals surface area contributed by atoms with Crippen molar-refractivity contribution < 1.29 is 4.39 Å². The van der Waals surface area contributed by atoms with Gasteiger partial charge in [-0.15, -0.1) is 0 Å². The first-order valence-electron chi connectivity index (χ1n) is 7.85. The number of anilines is 2. The topological polar surface area (TPSA) is 18.5 Å². The molecule has 2 aromatic carbocycles. The van der Waals surface area contributed by atoms with Gasteiger partial charge in [0.2, 0.25) is 0 Å². The van der Waals surface area contributed by atoms with Gasteiger partial charge in [-0.3, -0.25) is 0 Å². The van der Waals surface area contributed by atoms with E-state index in [1.165, 1.54) is 23.4 Å². The number of benzene rings is 2. The monoisotopic (exact) mass is 363 g/mol. The number of nitrogens with zero attached hydrogens (tertiary/aromatic N) is 2. The molecule has 126 valence electrons. The summed E-state index contributed by atoms with van der Waals surface area (Å²) in [6, 6.07) is 12.3. The highest BCUT2D eigenvalue weighted by molar-refractivity contribution is 7.80. The van der Waals surface area contributed by atoms with Gasteiger partial charge in [0.1, 0.15) is 5.82 Å². The average molecular weight is 364 g/mol. The van der Waals surface area contributed by atoms with E-state index < -0.39 is 0 Å². The third-order valence-corrected chi connectivity index (χ3v) is 4.75. The standard InChI is InChI=1S/C18H19ClFN3S/c1-13-5-6-14(19)11-17(13)22-7-9-23(10-8-22)18(24)21-16-4-2-3-15(20)12-16/h2-6,11-12H,7-10H2,1H3,(H,21,24). The molecule has 1 heterocycles. The summed E-state index contributed by atoms with van der Waals surface area (Å²) in [5.41, 5.74) is 3.06. The maximum absolute atomic E-state index is 13.3. The van der Waals surface area contributed by atoms with Gasteiger partial charge in [0.05, 0.1) is 0 Å². The summed E-state index contributed by atoms with van der Waals surface area (Å²) in [5.74, 6) is -0.274. The van der Waals surface area contributed by atoms with Crippen molar-refractivity contribution in [2.45, 2.75) is 6.92 Å². The highest BCUT2D eigenvalue weighted by Gasteiger charge is 2.20. The van der Waals surface area contributed by atoms with E-state index in [4.69, 9.17) is 23.8 Å². The smallest absolute Gasteiger partial charge is 0.173 e. The van der Waals surface area contributed by atoms with Crippen LogP contribution in [0.15, 0.2) is 42.5 Å². The molecule has 0 atom stereocenters. The number of aryl methyl sites for hydroxylation is 1. The first kappa shape index (κ1) is 17.0. The summed E-state index contributed by atoms with van der Waals surface area (Å²) < 4.78 is 13.3. The summed E-state index contributed by atoms with van der Waals surface area (Å²) in [4.78, 5) is 4.43. The Morgan fingerprint density at radius 1 is 1.12 bits per heavy atom. The van der Waals surface area contributed by atoms with Gasteiger partial charge in [0.15, 0.2) is 5.11 Å². The maximum Gasteiger partial charge on any atom is 0.173 e. The van der Waals surface area contributed by atoms with Crippen molar-refractivity contribution in [3.8, 4) is 0 Å². The molecule has 0 aliphatic carbocycles. The number of nitrogens with one attached hydrogen (secondary N) is 1. The highest BCUT2D eigenvalue weighted by Crippen LogP contribution is 2.25. The van der Waals surface area contributed by atoms with Crippen molar-refractivity contribution in [1.82, 2.24) is 4.90 Å². The Balaban J connectivity index is 1.60. The van der Waals surface area contributed by atoms with Gasteiger partial charge in [0, 0.05) is 42.6 Å². The van der Waals surface area contributed by atoms with Crippen LogP contribution < -0.4 is 10.2 Å². The molecule has 0 amide bonds. The van der Waals surface area contributed by atoms with E-state index in [0.717, 1.165) is 31.2 Å². The van der Waals surface area contributed by atoms with Gasteiger partial charge in [0.25, 0.3) is 0 Å². The van der Waals surface area contributed by atoms with Crippen molar-refractivity contribution in [2.24, 2.45) is 0 Å². The molecular weight excluding hydrogens is 345 g/mol. The highest BCUT2D eigenvalue weighted by atomic mass is 35.5. The SMILES string of the molecule is Cc1ccc(Cl)cc1N1CCN(C(=S)Nc2cccc(F)c2)CC1. The predicted octanol–water partition coefficient (Wildman–Crippen LogP) is 4.31. The second-order valence-electron chi connectivity index (χ2n) is 5.85. The van der Waals surface area contributed by atoms with Crippen molar-refractivity contribution in [1.29, 1.82) is 0 Å². The van der Waals surface area contributed by atoms with Crippen LogP contribution in [0.1, 0.15) is 5.56 Å². The van der Waals surface area contributed by atoms with Crippen LogP contribution in [0.3, 0.4) is 0 Å². The fraction of sp³-hybridized carbons (Fsp3) is 0.278. The molecule has 1 fully saturated rings. The van der Waals surface area contributed by atoms with Crippen molar-refractivity contribution in [2.75, 3.05) is 36.4 Å². The van der Waals surface area contributed by atoms with Crippen LogP contribution in [0, 0.1) is 12.7 Å². The zero-order chi connectivity index (χ0) is 17.1. The second kappa shape index (κ2) is 7.36. The van der Waals surface area contributed by atoms with Crippen LogP contribution in [0.5, 0.6) is 0 Å². The van der Waals surface area contributed by atoms with Crippen LogP contribution in [0.4, 0.5) is 15.8 Å². The number of rotatable bonds is 2. The van der Waals surface area contributed by atoms with Crippen LogP contribution in [0.25, 0.3) is 0 Å². The lowest BCUT2D eigenvalue weighted by Gasteiger charge is -2.38. The Labute approximate surface area is 152 Å². The molecule has 0 spiro atoms. The fourth-order valence-electron chi connectivity index (χ4n) is 2.84. The van der Waals surface area contributed by atoms with E-state index in [1.807, 2.05) is 18.2 Å². The van der Waals surface area contributed by atoms with E-state index in [2.05, 4.69) is 22.0 Å². The molecule has 0 radical (unpaired) electrons. The van der Waals surface area contributed by atoms with E-state index in [9.17, 15) is 4.39 Å². The molecule has 0 aromatic heterocycles. The Morgan fingerprint density at radius 3 is 2.58 bits per heavy atom. The first-order chi connectivity index (χ1) is 11.5. The summed E-state index contributed by atoms with van der Waals surface area (Å²) in [7, 11) is 0. The van der Waals surface area contributed by atoms with Gasteiger partial charge in [-0.25, -0.2) is 4.39 Å². The van der Waals surface area contributed by atoms with Crippen molar-refractivity contribution in [3.63, 3.8) is 0 Å². The molecule has 2 aromatic rings. The minimum Gasteiger partial charge on any atom is -0.368 e. The zero-order valence-corrected chi connectivity index (χ0v) is 15.0. The molecule has 0 bridgehead atoms. The van der Waals surface area contributed by atoms with Gasteiger partial charge >= 0.3 is 0 Å². The van der Waals surface area contributed by atoms with Gasteiger partial charge in [-0.2, -0.15) is 0 Å². The minimum absolute atomic E-state index is 0.274. The number of hydrogen-bond acceptors (Lipinski definition) is 2. The van der Waals surface area contributed by atoms with Crippen molar-refractivity contribution >= 4 is 40.3 Å². The summed E-state index contributed by atoms with van der Waals surface area (Å²) in [6.07, 6.45) is 0. The quantitative estimate of drug-likeness (QED) is 0.801. The van der Waals surface area contributed by atoms with Crippen molar-refractivity contribution in [3.05, 3.63) is 58.9 Å². The number of thiocarbonyl (C=S) groups is 1. The Bertz CT molecular complexity index is 745. The van der Waals surface area contributed by atoms with Crippen LogP contribution in [0.2, 0.25) is 5.02 Å². The third kappa shape index (κ3) is 3.97. The second-order valence-corrected chi connectivity index (χ2v) is 6.67. The molecule has 3 rings (SSSR count). The summed E-state index contributed by atoms with van der Waals surface area (Å²) in [6.45, 7) is 5.45. The molecule has 0 unspecified atom stereocenters. The van der Waals surface area contributed by atoms with Gasteiger partial charge in [-0.05, 0) is 55.0 Å². The van der Waals surface area contributed by atoms with Gasteiger partial charge in [-0.1, -0.05) is 23.7 Å². The molecule has 3 nitrogen and oxygen atoms in total. The first-order valence-corrected chi connectivity index (χ1v) is 8.64. The average Bonchev–Trinajstić information content (AvgIpc) is 2.57. The normalized spacial score (nSPS) is 14.6. The molecule has 6 heteroatoms. The van der Waals surface area contributed by atoms with Gasteiger partial charge < -0.3 is 15.1 Å². The largest absolute Gasteiger partial charge is 0.368 e. The van der Waals surface area contributed by atoms with E-state index >= 15 is 0 Å². The summed E-state index contributed by atoms with van der Waals surface area (Å²) in [5, 5.41) is 4.48. The molecule has 1 aliphatic heterocycles. The molecular formula is C18H19ClFN3S. The Morgan fingerprint density at radius 2 is 1.88 bits per heavy atom. The Kier molecular flexibility index (Phi) is 5.21. The van der Waals surface area contributed by atoms with E-state index in [-0.39, 0.29) is 5.82 Å². The lowest BCUT2D eigenvalue weighted by molar-refractivity contribution is 0.390. The van der Waals surface area contributed by atoms with Crippen LogP contribution >= 0.6 is 23.8 Å². The number of hydrogen-bond donors (Lipinski definition) is 1. The fourth-order valence-corrected chi connectivity index (χ4v) is 3.31. The molecule has 1 saturated heterocycles. The lowest BCUT2D eigenvalue weighted by atomic mass is 10.1. The molecule has 1 N–H and O–H groups in total. The predicted molar refractivity (Wildman–Crippen MR) is 103 cm³/mol. The van der Waals surface area contributed by atoms with E-state index in [1.54, 1.807) is 12.1 Å². The third-order valence-electron chi connectivity index (χ3n) is 4.15. The van der Waals surface area contributed by atoms with Crippen LogP contribution in [-0.4, -0.2) is 36.2 Å². The molecule has 1 aliphatic rings. The number of piperazine rings is 1. The number of halogens is 2. The van der Waals surface area contributed by atoms with E-state index in [0.29, 0.717) is 10.8 Å². The summed E-state index contributed by atoms with van der Waals surface area (Å²) >= 11 is 11.6. The Hall–Kier alpha value is -1.85. The van der Waals surface area contributed by atoms with Crippen LogP contribution in [-0.2, 0) is 0 Å². The minimum atomic E-state index is -0.274. The molecule has 24 heavy (non-hydrogen) atoms.